The zero-order chi connectivity index (χ0) is 13.9. The predicted octanol–water partition coefficient (Wildman–Crippen LogP) is 3.47. The van der Waals surface area contributed by atoms with Gasteiger partial charge in [-0.05, 0) is 26.3 Å². The molecule has 0 aliphatic rings. The highest BCUT2D eigenvalue weighted by Crippen LogP contribution is 2.34. The van der Waals surface area contributed by atoms with Crippen molar-refractivity contribution in [1.82, 2.24) is 0 Å². The number of hydrogen-bond acceptors (Lipinski definition) is 4. The van der Waals surface area contributed by atoms with Gasteiger partial charge < -0.3 is 10.4 Å². The molecule has 0 amide bonds. The first-order chi connectivity index (χ1) is 8.31. The molecule has 0 heterocycles. The maximum absolute atomic E-state index is 10.9. The Labute approximate surface area is 115 Å². The van der Waals surface area contributed by atoms with Crippen LogP contribution in [0.15, 0.2) is 12.1 Å². The molecule has 0 aliphatic carbocycles. The van der Waals surface area contributed by atoms with E-state index in [1.54, 1.807) is 6.92 Å². The van der Waals surface area contributed by atoms with Crippen molar-refractivity contribution in [2.75, 3.05) is 5.32 Å². The molecule has 0 fully saturated rings. The summed E-state index contributed by atoms with van der Waals surface area (Å²) in [5, 5.41) is 23.5. The highest BCUT2D eigenvalue weighted by atomic mass is 35.5. The number of nitrogens with zero attached hydrogens (tertiary/aromatic N) is 1. The first-order valence-electron chi connectivity index (χ1n) is 5.39. The Balaban J connectivity index is 3.00. The van der Waals surface area contributed by atoms with Crippen molar-refractivity contribution in [2.45, 2.75) is 32.4 Å². The topological polar surface area (TPSA) is 75.4 Å². The third kappa shape index (κ3) is 4.01. The zero-order valence-corrected chi connectivity index (χ0v) is 11.5. The Morgan fingerprint density at radius 2 is 1.94 bits per heavy atom. The first-order valence-corrected chi connectivity index (χ1v) is 6.15. The Bertz CT molecular complexity index is 452. The quantitative estimate of drug-likeness (QED) is 0.643. The molecular weight excluding hydrogens is 279 g/mol. The minimum absolute atomic E-state index is 0.124. The van der Waals surface area contributed by atoms with Crippen LogP contribution in [0.1, 0.15) is 20.3 Å². The predicted molar refractivity (Wildman–Crippen MR) is 72.5 cm³/mol. The summed E-state index contributed by atoms with van der Waals surface area (Å²) < 4.78 is 0. The van der Waals surface area contributed by atoms with Gasteiger partial charge in [-0.25, -0.2) is 0 Å². The molecule has 2 unspecified atom stereocenters. The van der Waals surface area contributed by atoms with Gasteiger partial charge in [0.25, 0.3) is 5.69 Å². The number of benzene rings is 1. The Morgan fingerprint density at radius 1 is 1.39 bits per heavy atom. The molecule has 0 saturated carbocycles. The largest absolute Gasteiger partial charge is 0.393 e. The van der Waals surface area contributed by atoms with Gasteiger partial charge in [0, 0.05) is 12.1 Å². The molecule has 0 saturated heterocycles. The molecule has 0 spiro atoms. The Kier molecular flexibility index (Phi) is 5.19. The van der Waals surface area contributed by atoms with Crippen molar-refractivity contribution in [3.63, 3.8) is 0 Å². The van der Waals surface area contributed by atoms with E-state index in [-0.39, 0.29) is 21.8 Å². The van der Waals surface area contributed by atoms with Crippen LogP contribution in [0.4, 0.5) is 11.4 Å². The maximum Gasteiger partial charge on any atom is 0.293 e. The lowest BCUT2D eigenvalue weighted by Crippen LogP contribution is -2.21. The standard InChI is InChI=1S/C11H14Cl2N2O3/c1-6(3-7(2)16)14-10-4-8(12)9(13)5-11(10)15(17)18/h4-7,14,16H,3H2,1-2H3. The summed E-state index contributed by atoms with van der Waals surface area (Å²) in [6, 6.07) is 2.50. The van der Waals surface area contributed by atoms with Gasteiger partial charge in [-0.3, -0.25) is 10.1 Å². The normalized spacial score (nSPS) is 14.1. The lowest BCUT2D eigenvalue weighted by molar-refractivity contribution is -0.384. The molecule has 5 nitrogen and oxygen atoms in total. The number of aliphatic hydroxyl groups is 1. The monoisotopic (exact) mass is 292 g/mol. The van der Waals surface area contributed by atoms with Gasteiger partial charge in [-0.2, -0.15) is 0 Å². The third-order valence-electron chi connectivity index (χ3n) is 2.33. The molecule has 0 radical (unpaired) electrons. The molecule has 0 bridgehead atoms. The van der Waals surface area contributed by atoms with Crippen LogP contribution in [-0.2, 0) is 0 Å². The van der Waals surface area contributed by atoms with E-state index in [2.05, 4.69) is 5.32 Å². The van der Waals surface area contributed by atoms with Crippen molar-refractivity contribution in [3.05, 3.63) is 32.3 Å². The summed E-state index contributed by atoms with van der Waals surface area (Å²) in [6.45, 7) is 3.47. The number of aliphatic hydroxyl groups excluding tert-OH is 1. The van der Waals surface area contributed by atoms with E-state index in [0.29, 0.717) is 12.1 Å². The van der Waals surface area contributed by atoms with Crippen LogP contribution in [0, 0.1) is 10.1 Å². The fourth-order valence-corrected chi connectivity index (χ4v) is 1.96. The van der Waals surface area contributed by atoms with Crippen molar-refractivity contribution in [3.8, 4) is 0 Å². The highest BCUT2D eigenvalue weighted by Gasteiger charge is 2.18. The first kappa shape index (κ1) is 15.0. The van der Waals surface area contributed by atoms with Crippen molar-refractivity contribution >= 4 is 34.6 Å². The zero-order valence-electron chi connectivity index (χ0n) is 9.98. The summed E-state index contributed by atoms with van der Waals surface area (Å²) in [7, 11) is 0. The van der Waals surface area contributed by atoms with Crippen LogP contribution in [0.2, 0.25) is 10.0 Å². The highest BCUT2D eigenvalue weighted by molar-refractivity contribution is 6.42. The second kappa shape index (κ2) is 6.22. The van der Waals surface area contributed by atoms with Crippen LogP contribution in [0.5, 0.6) is 0 Å². The Morgan fingerprint density at radius 3 is 2.44 bits per heavy atom. The van der Waals surface area contributed by atoms with E-state index >= 15 is 0 Å². The third-order valence-corrected chi connectivity index (χ3v) is 3.05. The van der Waals surface area contributed by atoms with Gasteiger partial charge in [-0.1, -0.05) is 23.2 Å². The minimum Gasteiger partial charge on any atom is -0.393 e. The molecule has 0 aliphatic heterocycles. The number of nitro groups is 1. The Hall–Kier alpha value is -1.04. The number of rotatable bonds is 5. The summed E-state index contributed by atoms with van der Waals surface area (Å²) in [4.78, 5) is 10.4. The molecular formula is C11H14Cl2N2O3. The lowest BCUT2D eigenvalue weighted by Gasteiger charge is -2.17. The van der Waals surface area contributed by atoms with E-state index < -0.39 is 11.0 Å². The molecule has 18 heavy (non-hydrogen) atoms. The smallest absolute Gasteiger partial charge is 0.293 e. The van der Waals surface area contributed by atoms with E-state index in [1.807, 2.05) is 6.92 Å². The summed E-state index contributed by atoms with van der Waals surface area (Å²) in [6.07, 6.45) is -0.0217. The molecule has 100 valence electrons. The molecule has 0 aromatic heterocycles. The van der Waals surface area contributed by atoms with Gasteiger partial charge >= 0.3 is 0 Å². The van der Waals surface area contributed by atoms with Crippen molar-refractivity contribution < 1.29 is 10.0 Å². The minimum atomic E-state index is -0.528. The summed E-state index contributed by atoms with van der Waals surface area (Å²) in [5.41, 5.74) is 0.157. The average molecular weight is 293 g/mol. The molecule has 2 N–H and O–H groups in total. The van der Waals surface area contributed by atoms with Crippen LogP contribution in [0.3, 0.4) is 0 Å². The van der Waals surface area contributed by atoms with E-state index in [1.165, 1.54) is 12.1 Å². The van der Waals surface area contributed by atoms with E-state index in [9.17, 15) is 15.2 Å². The number of anilines is 1. The molecule has 1 aromatic rings. The van der Waals surface area contributed by atoms with Crippen molar-refractivity contribution in [2.24, 2.45) is 0 Å². The molecule has 7 heteroatoms. The van der Waals surface area contributed by atoms with Crippen LogP contribution in [-0.4, -0.2) is 22.2 Å². The fraction of sp³-hybridized carbons (Fsp3) is 0.455. The van der Waals surface area contributed by atoms with Crippen LogP contribution >= 0.6 is 23.2 Å². The molecule has 2 atom stereocenters. The second-order valence-electron chi connectivity index (χ2n) is 4.17. The average Bonchev–Trinajstić information content (AvgIpc) is 2.21. The SMILES string of the molecule is CC(O)CC(C)Nc1cc(Cl)c(Cl)cc1[N+](=O)[O-]. The molecule has 1 rings (SSSR count). The van der Waals surface area contributed by atoms with Gasteiger partial charge in [0.05, 0.1) is 21.1 Å². The fourth-order valence-electron chi connectivity index (χ4n) is 1.64. The van der Waals surface area contributed by atoms with Gasteiger partial charge in [0.2, 0.25) is 0 Å². The second-order valence-corrected chi connectivity index (χ2v) is 4.99. The van der Waals surface area contributed by atoms with Gasteiger partial charge in [-0.15, -0.1) is 0 Å². The summed E-state index contributed by atoms with van der Waals surface area (Å²) >= 11 is 11.6. The number of nitro benzene ring substituents is 1. The van der Waals surface area contributed by atoms with Crippen LogP contribution in [0.25, 0.3) is 0 Å². The van der Waals surface area contributed by atoms with Crippen molar-refractivity contribution in [1.29, 1.82) is 0 Å². The van der Waals surface area contributed by atoms with E-state index in [0.717, 1.165) is 0 Å². The summed E-state index contributed by atoms with van der Waals surface area (Å²) in [5.74, 6) is 0. The van der Waals surface area contributed by atoms with E-state index in [4.69, 9.17) is 23.2 Å². The van der Waals surface area contributed by atoms with Crippen LogP contribution < -0.4 is 5.32 Å². The lowest BCUT2D eigenvalue weighted by atomic mass is 10.1. The number of halogens is 2. The number of hydrogen-bond donors (Lipinski definition) is 2. The number of nitrogens with one attached hydrogen (secondary N) is 1. The van der Waals surface area contributed by atoms with Gasteiger partial charge in [0.15, 0.2) is 0 Å². The van der Waals surface area contributed by atoms with Gasteiger partial charge in [0.1, 0.15) is 5.69 Å². The maximum atomic E-state index is 10.9. The molecule has 1 aromatic carbocycles.